The van der Waals surface area contributed by atoms with E-state index in [1.54, 1.807) is 38.1 Å². The summed E-state index contributed by atoms with van der Waals surface area (Å²) in [5.41, 5.74) is 2.47. The highest BCUT2D eigenvalue weighted by Crippen LogP contribution is 2.26. The minimum Gasteiger partial charge on any atom is -0.293 e. The topological polar surface area (TPSA) is 60.2 Å². The normalized spacial score (nSPS) is 11.2. The molecule has 108 valence electrons. The van der Waals surface area contributed by atoms with Gasteiger partial charge < -0.3 is 0 Å². The highest BCUT2D eigenvalue weighted by Gasteiger charge is 2.24. The van der Waals surface area contributed by atoms with Gasteiger partial charge in [0.25, 0.3) is 5.69 Å². The van der Waals surface area contributed by atoms with Crippen LogP contribution in [0.25, 0.3) is 11.1 Å². The van der Waals surface area contributed by atoms with Crippen molar-refractivity contribution in [2.75, 3.05) is 0 Å². The number of nitro groups is 1. The highest BCUT2D eigenvalue weighted by molar-refractivity contribution is 9.10. The second-order valence-electron chi connectivity index (χ2n) is 5.18. The second kappa shape index (κ2) is 5.77. The van der Waals surface area contributed by atoms with E-state index in [1.807, 2.05) is 12.1 Å². The third-order valence-corrected chi connectivity index (χ3v) is 3.46. The average molecular weight is 348 g/mol. The molecule has 0 radical (unpaired) electrons. The zero-order chi connectivity index (χ0) is 15.6. The monoisotopic (exact) mass is 347 g/mol. The van der Waals surface area contributed by atoms with Gasteiger partial charge in [-0.15, -0.1) is 0 Å². The predicted octanol–water partition coefficient (Wildman–Crippen LogP) is 4.62. The molecule has 0 heterocycles. The van der Waals surface area contributed by atoms with Crippen LogP contribution >= 0.6 is 15.9 Å². The SMILES string of the molecule is CC(C)(Br)C(=O)c1ccc(-c2ccc([N+](=O)[O-])cc2)cc1. The number of hydrogen-bond acceptors (Lipinski definition) is 3. The van der Waals surface area contributed by atoms with E-state index in [2.05, 4.69) is 15.9 Å². The Hall–Kier alpha value is -2.01. The number of carbonyl (C=O) groups excluding carboxylic acids is 1. The second-order valence-corrected chi connectivity index (χ2v) is 7.17. The van der Waals surface area contributed by atoms with Crippen molar-refractivity contribution in [1.82, 2.24) is 0 Å². The van der Waals surface area contributed by atoms with Gasteiger partial charge in [0.2, 0.25) is 0 Å². The van der Waals surface area contributed by atoms with Crippen molar-refractivity contribution >= 4 is 27.4 Å². The minimum absolute atomic E-state index is 0.0118. The van der Waals surface area contributed by atoms with Gasteiger partial charge in [-0.25, -0.2) is 0 Å². The number of hydrogen-bond donors (Lipinski definition) is 0. The average Bonchev–Trinajstić information content (AvgIpc) is 2.46. The van der Waals surface area contributed by atoms with Crippen LogP contribution in [0.1, 0.15) is 24.2 Å². The Balaban J connectivity index is 2.27. The zero-order valence-electron chi connectivity index (χ0n) is 11.7. The summed E-state index contributed by atoms with van der Waals surface area (Å²) >= 11 is 3.35. The van der Waals surface area contributed by atoms with Crippen LogP contribution in [0.15, 0.2) is 48.5 Å². The fourth-order valence-electron chi connectivity index (χ4n) is 1.93. The predicted molar refractivity (Wildman–Crippen MR) is 85.9 cm³/mol. The van der Waals surface area contributed by atoms with Crippen LogP contribution in [0.2, 0.25) is 0 Å². The van der Waals surface area contributed by atoms with E-state index in [0.29, 0.717) is 5.56 Å². The molecule has 0 saturated heterocycles. The largest absolute Gasteiger partial charge is 0.293 e. The molecule has 0 fully saturated rings. The number of benzene rings is 2. The lowest BCUT2D eigenvalue weighted by Crippen LogP contribution is -2.23. The molecule has 2 aromatic carbocycles. The lowest BCUT2D eigenvalue weighted by molar-refractivity contribution is -0.384. The number of non-ortho nitro benzene ring substituents is 1. The summed E-state index contributed by atoms with van der Waals surface area (Å²) in [6, 6.07) is 13.5. The fraction of sp³-hybridized carbons (Fsp3) is 0.188. The number of alkyl halides is 1. The number of carbonyl (C=O) groups is 1. The zero-order valence-corrected chi connectivity index (χ0v) is 13.3. The van der Waals surface area contributed by atoms with E-state index in [4.69, 9.17) is 0 Å². The summed E-state index contributed by atoms with van der Waals surface area (Å²) in [6.45, 7) is 3.61. The van der Waals surface area contributed by atoms with Gasteiger partial charge in [-0.3, -0.25) is 14.9 Å². The van der Waals surface area contributed by atoms with Gasteiger partial charge in [0.1, 0.15) is 0 Å². The van der Waals surface area contributed by atoms with Crippen molar-refractivity contribution < 1.29 is 9.72 Å². The maximum Gasteiger partial charge on any atom is 0.269 e. The Morgan fingerprint density at radius 2 is 1.43 bits per heavy atom. The fourth-order valence-corrected chi connectivity index (χ4v) is 2.16. The van der Waals surface area contributed by atoms with Crippen LogP contribution in [-0.2, 0) is 0 Å². The molecule has 0 aliphatic carbocycles. The Morgan fingerprint density at radius 3 is 1.81 bits per heavy atom. The van der Waals surface area contributed by atoms with Gasteiger partial charge >= 0.3 is 0 Å². The lowest BCUT2D eigenvalue weighted by Gasteiger charge is -2.14. The molecule has 0 saturated carbocycles. The molecule has 21 heavy (non-hydrogen) atoms. The molecular weight excluding hydrogens is 334 g/mol. The lowest BCUT2D eigenvalue weighted by atomic mass is 9.98. The van der Waals surface area contributed by atoms with Gasteiger partial charge in [-0.2, -0.15) is 0 Å². The van der Waals surface area contributed by atoms with Crippen LogP contribution in [-0.4, -0.2) is 15.0 Å². The van der Waals surface area contributed by atoms with E-state index in [-0.39, 0.29) is 11.5 Å². The van der Waals surface area contributed by atoms with Crippen LogP contribution in [0.5, 0.6) is 0 Å². The minimum atomic E-state index is -0.595. The molecule has 5 heteroatoms. The van der Waals surface area contributed by atoms with Crippen molar-refractivity contribution in [3.05, 3.63) is 64.2 Å². The van der Waals surface area contributed by atoms with Crippen molar-refractivity contribution in [2.24, 2.45) is 0 Å². The first kappa shape index (κ1) is 15.4. The molecule has 0 aromatic heterocycles. The van der Waals surface area contributed by atoms with Crippen LogP contribution in [0.3, 0.4) is 0 Å². The van der Waals surface area contributed by atoms with Gasteiger partial charge in [0.05, 0.1) is 9.25 Å². The van der Waals surface area contributed by atoms with E-state index < -0.39 is 9.25 Å². The standard InChI is InChI=1S/C16H14BrNO3/c1-16(2,17)15(19)13-5-3-11(4-6-13)12-7-9-14(10-8-12)18(20)21/h3-10H,1-2H3. The van der Waals surface area contributed by atoms with Crippen LogP contribution in [0.4, 0.5) is 5.69 Å². The van der Waals surface area contributed by atoms with E-state index in [0.717, 1.165) is 11.1 Å². The molecule has 0 amide bonds. The van der Waals surface area contributed by atoms with Gasteiger partial charge in [0.15, 0.2) is 5.78 Å². The number of halogens is 1. The van der Waals surface area contributed by atoms with Gasteiger partial charge in [-0.1, -0.05) is 40.2 Å². The quantitative estimate of drug-likeness (QED) is 0.351. The summed E-state index contributed by atoms with van der Waals surface area (Å²) < 4.78 is -0.595. The third kappa shape index (κ3) is 3.55. The molecule has 0 bridgehead atoms. The molecular formula is C16H14BrNO3. The summed E-state index contributed by atoms with van der Waals surface area (Å²) in [4.78, 5) is 22.3. The highest BCUT2D eigenvalue weighted by atomic mass is 79.9. The van der Waals surface area contributed by atoms with Crippen molar-refractivity contribution in [1.29, 1.82) is 0 Å². The maximum atomic E-state index is 12.1. The Bertz CT molecular complexity index is 670. The Kier molecular flexibility index (Phi) is 4.23. The van der Waals surface area contributed by atoms with E-state index >= 15 is 0 Å². The number of nitro benzene ring substituents is 1. The van der Waals surface area contributed by atoms with Crippen LogP contribution in [0, 0.1) is 10.1 Å². The molecule has 0 N–H and O–H groups in total. The molecule has 0 aliphatic rings. The Morgan fingerprint density at radius 1 is 1.00 bits per heavy atom. The summed E-state index contributed by atoms with van der Waals surface area (Å²) in [5, 5.41) is 10.6. The maximum absolute atomic E-state index is 12.1. The molecule has 2 rings (SSSR count). The first-order chi connectivity index (χ1) is 9.79. The van der Waals surface area contributed by atoms with Crippen molar-refractivity contribution in [2.45, 2.75) is 18.2 Å². The van der Waals surface area contributed by atoms with E-state index in [9.17, 15) is 14.9 Å². The summed E-state index contributed by atoms with van der Waals surface area (Å²) in [5.74, 6) is 0.0118. The number of rotatable bonds is 4. The number of Topliss-reactive ketones (excluding diaryl/α,β-unsaturated/α-hetero) is 1. The molecule has 0 spiro atoms. The number of ketones is 1. The van der Waals surface area contributed by atoms with Gasteiger partial charge in [-0.05, 0) is 37.1 Å². The van der Waals surface area contributed by atoms with Crippen molar-refractivity contribution in [3.63, 3.8) is 0 Å². The first-order valence-corrected chi connectivity index (χ1v) is 7.17. The third-order valence-electron chi connectivity index (χ3n) is 3.10. The number of nitrogens with zero attached hydrogens (tertiary/aromatic N) is 1. The molecule has 0 atom stereocenters. The smallest absolute Gasteiger partial charge is 0.269 e. The van der Waals surface area contributed by atoms with Crippen LogP contribution < -0.4 is 0 Å². The summed E-state index contributed by atoms with van der Waals surface area (Å²) in [7, 11) is 0. The van der Waals surface area contributed by atoms with E-state index in [1.165, 1.54) is 12.1 Å². The molecule has 2 aromatic rings. The Labute approximate surface area is 131 Å². The summed E-state index contributed by atoms with van der Waals surface area (Å²) in [6.07, 6.45) is 0. The molecule has 0 unspecified atom stereocenters. The van der Waals surface area contributed by atoms with Crippen molar-refractivity contribution in [3.8, 4) is 11.1 Å². The molecule has 0 aliphatic heterocycles. The first-order valence-electron chi connectivity index (χ1n) is 6.37. The van der Waals surface area contributed by atoms with Gasteiger partial charge in [0, 0.05) is 17.7 Å². The molecule has 4 nitrogen and oxygen atoms in total.